The van der Waals surface area contributed by atoms with E-state index in [1.807, 2.05) is 0 Å². The Morgan fingerprint density at radius 3 is 2.25 bits per heavy atom. The van der Waals surface area contributed by atoms with Crippen molar-refractivity contribution >= 4 is 53.6 Å². The molecule has 3 fully saturated rings. The third kappa shape index (κ3) is 6.78. The van der Waals surface area contributed by atoms with E-state index in [1.165, 1.54) is 32.7 Å². The molecule has 3 aliphatic rings. The molecular weight excluding hydrogens is 797 g/mol. The summed E-state index contributed by atoms with van der Waals surface area (Å²) in [5.41, 5.74) is 11.2. The Morgan fingerprint density at radius 1 is 0.930 bits per heavy atom. The van der Waals surface area contributed by atoms with Crippen LogP contribution in [-0.2, 0) is 34.0 Å². The predicted molar refractivity (Wildman–Crippen MR) is 193 cm³/mol. The number of nitrogens with one attached hydrogen (secondary N) is 2. The number of aromatic amines is 2. The van der Waals surface area contributed by atoms with E-state index in [1.54, 1.807) is 24.3 Å². The highest BCUT2D eigenvalue weighted by Crippen LogP contribution is 2.57. The first kappa shape index (κ1) is 37.4. The number of nitrogen functional groups attached to an aromatic ring is 2. The predicted octanol–water partition coefficient (Wildman–Crippen LogP) is -0.374. The first-order valence-corrected chi connectivity index (χ1v) is 19.2. The zero-order valence-electron chi connectivity index (χ0n) is 29.2. The second-order valence-corrected chi connectivity index (χ2v) is 15.6. The zero-order chi connectivity index (χ0) is 39.7. The van der Waals surface area contributed by atoms with Crippen molar-refractivity contribution in [3.05, 3.63) is 80.1 Å². The van der Waals surface area contributed by atoms with E-state index in [2.05, 4.69) is 40.2 Å². The van der Waals surface area contributed by atoms with Gasteiger partial charge in [0.15, 0.2) is 34.8 Å². The number of benzene rings is 1. The standard InChI is InChI=1S/C31H33ClN13O11P/c32-13-3-1-2-12(6-13)15-4-5-52-57(51,56-15)53-9-17-20(22(47)28(55-17)43-10-35-18-24(43)37-30(33)39-26(18)49)45-8-14(41-42-45)7-16-21(46)23(48)29(54-16)44-11-36-19-25(44)38-31(34)40-27(19)50/h1-3,6,8,10-11,15-17,20-23,28-29,46-48H,4-5,7,9H2,(H3,33,37,39,49)(H3,34,38,40,50)/t15-,16+,17+,20+,21+,22+,23+,28+,29+,57?/m0/s1. The average molecular weight is 830 g/mol. The van der Waals surface area contributed by atoms with Crippen LogP contribution in [0.25, 0.3) is 22.3 Å². The third-order valence-electron chi connectivity index (χ3n) is 9.90. The molecule has 1 unspecified atom stereocenters. The van der Waals surface area contributed by atoms with Crippen LogP contribution in [0.4, 0.5) is 11.9 Å². The molecule has 0 bridgehead atoms. The number of rotatable bonds is 9. The van der Waals surface area contributed by atoms with Gasteiger partial charge in [0.1, 0.15) is 30.5 Å². The van der Waals surface area contributed by atoms with E-state index in [9.17, 15) is 29.5 Å². The topological polar surface area (TPSA) is 334 Å². The number of H-pyrrole nitrogens is 2. The van der Waals surface area contributed by atoms with Gasteiger partial charge in [0.05, 0.1) is 43.8 Å². The minimum absolute atomic E-state index is 0.0182. The van der Waals surface area contributed by atoms with Crippen molar-refractivity contribution in [3.63, 3.8) is 0 Å². The van der Waals surface area contributed by atoms with Crippen LogP contribution < -0.4 is 22.6 Å². The summed E-state index contributed by atoms with van der Waals surface area (Å²) in [6, 6.07) is 5.81. The average Bonchev–Trinajstić information content (AvgIpc) is 4.00. The molecule has 1 aromatic carbocycles. The Kier molecular flexibility index (Phi) is 9.43. The number of aromatic nitrogens is 11. The number of aliphatic hydroxyl groups is 3. The van der Waals surface area contributed by atoms with Crippen LogP contribution in [0.2, 0.25) is 5.02 Å². The Balaban J connectivity index is 0.976. The number of nitrogens with zero attached hydrogens (tertiary/aromatic N) is 9. The molecule has 10 atom stereocenters. The molecule has 8 heterocycles. The van der Waals surface area contributed by atoms with Crippen LogP contribution in [0.5, 0.6) is 0 Å². The Bertz CT molecular complexity index is 2650. The molecule has 6 aromatic rings. The normalized spacial score (nSPS) is 30.5. The maximum Gasteiger partial charge on any atom is 0.475 e. The minimum atomic E-state index is -4.20. The van der Waals surface area contributed by atoms with E-state index in [0.29, 0.717) is 17.0 Å². The van der Waals surface area contributed by atoms with Crippen molar-refractivity contribution in [3.8, 4) is 0 Å². The highest BCUT2D eigenvalue weighted by Gasteiger charge is 2.50. The number of halogens is 1. The summed E-state index contributed by atoms with van der Waals surface area (Å²) in [5.74, 6) is -0.375. The quantitative estimate of drug-likeness (QED) is 0.0914. The zero-order valence-corrected chi connectivity index (χ0v) is 30.8. The van der Waals surface area contributed by atoms with Gasteiger partial charge >= 0.3 is 7.82 Å². The molecule has 0 amide bonds. The Hall–Kier alpha value is -5.14. The fraction of sp³-hybridized carbons (Fsp3) is 0.419. The molecule has 3 aliphatic heterocycles. The van der Waals surface area contributed by atoms with Crippen LogP contribution in [0.15, 0.2) is 52.7 Å². The van der Waals surface area contributed by atoms with Crippen LogP contribution >= 0.6 is 19.4 Å². The third-order valence-corrected chi connectivity index (χ3v) is 11.6. The van der Waals surface area contributed by atoms with Gasteiger partial charge in [-0.15, -0.1) is 5.10 Å². The van der Waals surface area contributed by atoms with Crippen LogP contribution in [0.3, 0.4) is 0 Å². The van der Waals surface area contributed by atoms with Crippen molar-refractivity contribution in [1.82, 2.24) is 54.0 Å². The maximum atomic E-state index is 13.8. The fourth-order valence-corrected chi connectivity index (χ4v) is 8.84. The summed E-state index contributed by atoms with van der Waals surface area (Å²) in [7, 11) is -4.20. The summed E-state index contributed by atoms with van der Waals surface area (Å²) in [4.78, 5) is 46.0. The summed E-state index contributed by atoms with van der Waals surface area (Å²) in [5, 5.41) is 42.7. The van der Waals surface area contributed by atoms with E-state index < -0.39 is 80.7 Å². The molecule has 300 valence electrons. The van der Waals surface area contributed by atoms with Crippen LogP contribution in [0, 0.1) is 0 Å². The first-order valence-electron chi connectivity index (χ1n) is 17.4. The van der Waals surface area contributed by atoms with Gasteiger partial charge in [0, 0.05) is 24.1 Å². The summed E-state index contributed by atoms with van der Waals surface area (Å²) >= 11 is 6.17. The SMILES string of the molecule is Nc1nc2c(ncn2[C@@H]2O[C@H](Cc3cn([C@H]4[C@@H](O)[C@H](n5cnc6c(=O)[nH]c(N)nc65)O[C@@H]4COP4(=O)OCC[C@@H](c5cccc(Cl)c5)O4)nn3)[C@@H](O)[C@H]2O)c(=O)[nH]1. The Labute approximate surface area is 322 Å². The molecule has 24 nitrogen and oxygen atoms in total. The number of phosphoric ester groups is 1. The molecule has 5 aromatic heterocycles. The van der Waals surface area contributed by atoms with Gasteiger partial charge in [-0.3, -0.25) is 42.3 Å². The monoisotopic (exact) mass is 829 g/mol. The van der Waals surface area contributed by atoms with Gasteiger partial charge in [-0.2, -0.15) is 9.97 Å². The Morgan fingerprint density at radius 2 is 1.58 bits per heavy atom. The molecule has 26 heteroatoms. The lowest BCUT2D eigenvalue weighted by Gasteiger charge is -2.30. The molecule has 0 aliphatic carbocycles. The molecule has 9 rings (SSSR count). The van der Waals surface area contributed by atoms with Gasteiger partial charge in [-0.05, 0) is 17.7 Å². The molecule has 9 N–H and O–H groups in total. The number of hydrogen-bond acceptors (Lipinski definition) is 19. The number of ether oxygens (including phenoxy) is 2. The van der Waals surface area contributed by atoms with Crippen LogP contribution in [0.1, 0.15) is 42.3 Å². The smallest absolute Gasteiger partial charge is 0.388 e. The summed E-state index contributed by atoms with van der Waals surface area (Å²) in [6.07, 6.45) is -5.33. The lowest BCUT2D eigenvalue weighted by molar-refractivity contribution is -0.0552. The van der Waals surface area contributed by atoms with Gasteiger partial charge in [0.2, 0.25) is 11.9 Å². The molecule has 57 heavy (non-hydrogen) atoms. The molecule has 0 saturated carbocycles. The number of imidazole rings is 2. The van der Waals surface area contributed by atoms with E-state index in [0.717, 1.165) is 0 Å². The summed E-state index contributed by atoms with van der Waals surface area (Å²) in [6.45, 7) is -0.400. The van der Waals surface area contributed by atoms with Crippen LogP contribution in [-0.4, -0.2) is 113 Å². The number of fused-ring (bicyclic) bond motifs is 2. The van der Waals surface area contributed by atoms with Gasteiger partial charge in [-0.1, -0.05) is 28.9 Å². The second-order valence-electron chi connectivity index (χ2n) is 13.6. The van der Waals surface area contributed by atoms with E-state index >= 15 is 0 Å². The highest BCUT2D eigenvalue weighted by molar-refractivity contribution is 7.48. The number of hydrogen-bond donors (Lipinski definition) is 7. The fourth-order valence-electron chi connectivity index (χ4n) is 7.25. The largest absolute Gasteiger partial charge is 0.475 e. The number of nitrogens with two attached hydrogens (primary N) is 2. The van der Waals surface area contributed by atoms with Gasteiger partial charge in [-0.25, -0.2) is 19.2 Å². The molecule has 3 saturated heterocycles. The number of anilines is 2. The van der Waals surface area contributed by atoms with Crippen molar-refractivity contribution in [2.75, 3.05) is 24.7 Å². The minimum Gasteiger partial charge on any atom is -0.388 e. The molecular formula is C31H33ClN13O11P. The molecule has 0 spiro atoms. The van der Waals surface area contributed by atoms with Gasteiger partial charge < -0.3 is 36.3 Å². The first-order chi connectivity index (χ1) is 27.4. The number of phosphoric acid groups is 1. The van der Waals surface area contributed by atoms with Crippen molar-refractivity contribution in [1.29, 1.82) is 0 Å². The van der Waals surface area contributed by atoms with Gasteiger partial charge in [0.25, 0.3) is 11.1 Å². The lowest BCUT2D eigenvalue weighted by Crippen LogP contribution is -2.33. The number of aliphatic hydroxyl groups excluding tert-OH is 3. The second kappa shape index (κ2) is 14.4. The van der Waals surface area contributed by atoms with Crippen molar-refractivity contribution in [2.45, 2.75) is 68.0 Å². The highest BCUT2D eigenvalue weighted by atomic mass is 35.5. The van der Waals surface area contributed by atoms with E-state index in [4.69, 9.17) is 46.1 Å². The van der Waals surface area contributed by atoms with E-state index in [-0.39, 0.29) is 52.9 Å². The van der Waals surface area contributed by atoms with Crippen molar-refractivity contribution < 1.29 is 42.9 Å². The lowest BCUT2D eigenvalue weighted by atomic mass is 10.1. The van der Waals surface area contributed by atoms with Crippen molar-refractivity contribution in [2.24, 2.45) is 0 Å². The maximum absolute atomic E-state index is 13.8. The summed E-state index contributed by atoms with van der Waals surface area (Å²) < 4.78 is 47.1. The molecule has 0 radical (unpaired) electrons.